The molecule has 0 aliphatic heterocycles. The number of hydrogen-bond donors (Lipinski definition) is 1. The molecule has 2 rings (SSSR count). The number of nitrogens with one attached hydrogen (secondary N) is 1. The Morgan fingerprint density at radius 2 is 1.90 bits per heavy atom. The zero-order valence-corrected chi connectivity index (χ0v) is 12.1. The van der Waals surface area contributed by atoms with Crippen LogP contribution in [0.1, 0.15) is 27.0 Å². The lowest BCUT2D eigenvalue weighted by molar-refractivity contribution is 0.102. The summed E-state index contributed by atoms with van der Waals surface area (Å²) in [5.74, 6) is -0.100. The van der Waals surface area contributed by atoms with Gasteiger partial charge in [0.2, 0.25) is 0 Å². The fourth-order valence-corrected chi connectivity index (χ4v) is 2.05. The second kappa shape index (κ2) is 6.35. The fraction of sp³-hybridized carbons (Fsp3) is 0.235. The van der Waals surface area contributed by atoms with Crippen LogP contribution in [0.4, 0.5) is 5.69 Å². The maximum Gasteiger partial charge on any atom is 0.255 e. The molecular weight excluding hydrogens is 250 g/mol. The molecule has 0 bridgehead atoms. The molecule has 2 aromatic rings. The Morgan fingerprint density at radius 1 is 1.15 bits per heavy atom. The summed E-state index contributed by atoms with van der Waals surface area (Å²) in [6.45, 7) is 4.54. The van der Waals surface area contributed by atoms with E-state index in [0.29, 0.717) is 12.2 Å². The maximum absolute atomic E-state index is 12.3. The molecular formula is C17H19NO2. The van der Waals surface area contributed by atoms with Gasteiger partial charge in [-0.25, -0.2) is 0 Å². The largest absolute Gasteiger partial charge is 0.380 e. The van der Waals surface area contributed by atoms with Crippen molar-refractivity contribution in [3.8, 4) is 0 Å². The second-order valence-electron chi connectivity index (χ2n) is 4.83. The summed E-state index contributed by atoms with van der Waals surface area (Å²) in [6.07, 6.45) is 0. The van der Waals surface area contributed by atoms with Gasteiger partial charge in [-0.2, -0.15) is 0 Å². The predicted octanol–water partition coefficient (Wildman–Crippen LogP) is 3.70. The number of benzene rings is 2. The van der Waals surface area contributed by atoms with Crippen molar-refractivity contribution in [2.75, 3.05) is 12.4 Å². The first-order valence-corrected chi connectivity index (χ1v) is 6.57. The van der Waals surface area contributed by atoms with E-state index in [1.54, 1.807) is 13.2 Å². The minimum atomic E-state index is -0.100. The zero-order chi connectivity index (χ0) is 14.5. The molecule has 0 unspecified atom stereocenters. The summed E-state index contributed by atoms with van der Waals surface area (Å²) in [4.78, 5) is 12.3. The molecule has 0 spiro atoms. The SMILES string of the molecule is COCc1cccc(C(=O)Nc2cccc(C)c2C)c1. The van der Waals surface area contributed by atoms with E-state index in [0.717, 1.165) is 22.4 Å². The van der Waals surface area contributed by atoms with Crippen LogP contribution in [0.15, 0.2) is 42.5 Å². The molecule has 0 saturated carbocycles. The van der Waals surface area contributed by atoms with Gasteiger partial charge in [-0.3, -0.25) is 4.79 Å². The highest BCUT2D eigenvalue weighted by Gasteiger charge is 2.09. The van der Waals surface area contributed by atoms with Crippen molar-refractivity contribution in [1.29, 1.82) is 0 Å². The van der Waals surface area contributed by atoms with Crippen molar-refractivity contribution in [2.45, 2.75) is 20.5 Å². The normalized spacial score (nSPS) is 10.3. The van der Waals surface area contributed by atoms with Gasteiger partial charge < -0.3 is 10.1 Å². The molecule has 104 valence electrons. The van der Waals surface area contributed by atoms with Crippen molar-refractivity contribution in [2.24, 2.45) is 0 Å². The van der Waals surface area contributed by atoms with E-state index < -0.39 is 0 Å². The molecule has 0 fully saturated rings. The van der Waals surface area contributed by atoms with Crippen LogP contribution in [0.3, 0.4) is 0 Å². The molecule has 0 radical (unpaired) electrons. The number of anilines is 1. The number of hydrogen-bond acceptors (Lipinski definition) is 2. The van der Waals surface area contributed by atoms with Crippen molar-refractivity contribution in [1.82, 2.24) is 0 Å². The molecule has 0 aliphatic rings. The molecule has 0 saturated heterocycles. The highest BCUT2D eigenvalue weighted by Crippen LogP contribution is 2.19. The molecule has 0 atom stereocenters. The van der Waals surface area contributed by atoms with Gasteiger partial charge in [0.1, 0.15) is 0 Å². The summed E-state index contributed by atoms with van der Waals surface area (Å²) in [5, 5.41) is 2.96. The summed E-state index contributed by atoms with van der Waals surface area (Å²) in [7, 11) is 1.64. The third-order valence-corrected chi connectivity index (χ3v) is 3.35. The third-order valence-electron chi connectivity index (χ3n) is 3.35. The molecule has 0 heterocycles. The van der Waals surface area contributed by atoms with Gasteiger partial charge in [-0.15, -0.1) is 0 Å². The first-order valence-electron chi connectivity index (χ1n) is 6.57. The van der Waals surface area contributed by atoms with Gasteiger partial charge in [0.05, 0.1) is 6.61 Å². The summed E-state index contributed by atoms with van der Waals surface area (Å²) in [6, 6.07) is 13.4. The van der Waals surface area contributed by atoms with E-state index >= 15 is 0 Å². The average Bonchev–Trinajstić information content (AvgIpc) is 2.44. The van der Waals surface area contributed by atoms with E-state index in [2.05, 4.69) is 5.32 Å². The van der Waals surface area contributed by atoms with E-state index in [9.17, 15) is 4.79 Å². The van der Waals surface area contributed by atoms with Crippen LogP contribution in [-0.2, 0) is 11.3 Å². The zero-order valence-electron chi connectivity index (χ0n) is 12.1. The molecule has 1 N–H and O–H groups in total. The Bertz CT molecular complexity index is 620. The number of carbonyl (C=O) groups is 1. The summed E-state index contributed by atoms with van der Waals surface area (Å²) < 4.78 is 5.08. The van der Waals surface area contributed by atoms with Crippen LogP contribution >= 0.6 is 0 Å². The average molecular weight is 269 g/mol. The smallest absolute Gasteiger partial charge is 0.255 e. The molecule has 1 amide bonds. The Hall–Kier alpha value is -2.13. The van der Waals surface area contributed by atoms with Crippen LogP contribution in [0, 0.1) is 13.8 Å². The van der Waals surface area contributed by atoms with E-state index in [1.165, 1.54) is 0 Å². The first kappa shape index (κ1) is 14.3. The number of methoxy groups -OCH3 is 1. The lowest BCUT2D eigenvalue weighted by atomic mass is 10.1. The van der Waals surface area contributed by atoms with Gasteiger partial charge >= 0.3 is 0 Å². The van der Waals surface area contributed by atoms with Crippen LogP contribution in [-0.4, -0.2) is 13.0 Å². The lowest BCUT2D eigenvalue weighted by Crippen LogP contribution is -2.13. The third kappa shape index (κ3) is 3.25. The molecule has 0 aliphatic carbocycles. The number of rotatable bonds is 4. The Labute approximate surface area is 119 Å². The monoisotopic (exact) mass is 269 g/mol. The summed E-state index contributed by atoms with van der Waals surface area (Å²) in [5.41, 5.74) is 4.73. The lowest BCUT2D eigenvalue weighted by Gasteiger charge is -2.11. The minimum absolute atomic E-state index is 0.100. The van der Waals surface area contributed by atoms with E-state index in [-0.39, 0.29) is 5.91 Å². The van der Waals surface area contributed by atoms with Crippen molar-refractivity contribution < 1.29 is 9.53 Å². The predicted molar refractivity (Wildman–Crippen MR) is 81.0 cm³/mol. The van der Waals surface area contributed by atoms with Crippen LogP contribution in [0.5, 0.6) is 0 Å². The van der Waals surface area contributed by atoms with Crippen molar-refractivity contribution in [3.05, 3.63) is 64.7 Å². The summed E-state index contributed by atoms with van der Waals surface area (Å²) >= 11 is 0. The molecule has 20 heavy (non-hydrogen) atoms. The quantitative estimate of drug-likeness (QED) is 0.919. The Balaban J connectivity index is 2.19. The molecule has 0 aromatic heterocycles. The fourth-order valence-electron chi connectivity index (χ4n) is 2.05. The number of amides is 1. The maximum atomic E-state index is 12.3. The molecule has 2 aromatic carbocycles. The topological polar surface area (TPSA) is 38.3 Å². The van der Waals surface area contributed by atoms with Crippen LogP contribution in [0.2, 0.25) is 0 Å². The standard InChI is InChI=1S/C17H19NO2/c1-12-6-4-9-16(13(12)2)18-17(19)15-8-5-7-14(10-15)11-20-3/h4-10H,11H2,1-3H3,(H,18,19). The van der Waals surface area contributed by atoms with Crippen molar-refractivity contribution in [3.63, 3.8) is 0 Å². The van der Waals surface area contributed by atoms with E-state index in [4.69, 9.17) is 4.74 Å². The number of aryl methyl sites for hydroxylation is 1. The van der Waals surface area contributed by atoms with Gasteiger partial charge in [0, 0.05) is 18.4 Å². The molecule has 3 nitrogen and oxygen atoms in total. The molecule has 3 heteroatoms. The van der Waals surface area contributed by atoms with Gasteiger partial charge in [-0.1, -0.05) is 24.3 Å². The van der Waals surface area contributed by atoms with Gasteiger partial charge in [0.15, 0.2) is 0 Å². The minimum Gasteiger partial charge on any atom is -0.380 e. The highest BCUT2D eigenvalue weighted by molar-refractivity contribution is 6.04. The Morgan fingerprint density at radius 3 is 2.65 bits per heavy atom. The van der Waals surface area contributed by atoms with Gasteiger partial charge in [0.25, 0.3) is 5.91 Å². The van der Waals surface area contributed by atoms with E-state index in [1.807, 2.05) is 50.2 Å². The number of ether oxygens (including phenoxy) is 1. The first-order chi connectivity index (χ1) is 9.61. The van der Waals surface area contributed by atoms with Crippen LogP contribution < -0.4 is 5.32 Å². The highest BCUT2D eigenvalue weighted by atomic mass is 16.5. The Kier molecular flexibility index (Phi) is 4.53. The van der Waals surface area contributed by atoms with Gasteiger partial charge in [-0.05, 0) is 48.7 Å². The van der Waals surface area contributed by atoms with Crippen LogP contribution in [0.25, 0.3) is 0 Å². The van der Waals surface area contributed by atoms with Crippen molar-refractivity contribution >= 4 is 11.6 Å². The number of carbonyl (C=O) groups excluding carboxylic acids is 1. The second-order valence-corrected chi connectivity index (χ2v) is 4.83.